The van der Waals surface area contributed by atoms with Gasteiger partial charge in [-0.2, -0.15) is 0 Å². The minimum atomic E-state index is -3.93. The van der Waals surface area contributed by atoms with Gasteiger partial charge in [-0.25, -0.2) is 21.9 Å². The molecule has 0 spiro atoms. The summed E-state index contributed by atoms with van der Waals surface area (Å²) >= 11 is 0. The van der Waals surface area contributed by atoms with Gasteiger partial charge in [0.05, 0.1) is 4.90 Å². The lowest BCUT2D eigenvalue weighted by Crippen LogP contribution is -2.52. The van der Waals surface area contributed by atoms with E-state index in [0.29, 0.717) is 37.8 Å². The first-order chi connectivity index (χ1) is 13.7. The Hall–Kier alpha value is -1.58. The molecule has 1 aromatic rings. The lowest BCUT2D eigenvalue weighted by Gasteiger charge is -2.39. The van der Waals surface area contributed by atoms with E-state index in [4.69, 9.17) is 0 Å². The van der Waals surface area contributed by atoms with Crippen molar-refractivity contribution in [2.24, 2.45) is 5.92 Å². The number of nitrogens with zero attached hydrogens (tertiary/aromatic N) is 2. The normalized spacial score (nSPS) is 24.1. The predicted octanol–water partition coefficient (Wildman–Crippen LogP) is 2.35. The molecule has 9 heteroatoms. The molecule has 1 saturated heterocycles. The first-order valence-electron chi connectivity index (χ1n) is 10.2. The van der Waals surface area contributed by atoms with Crippen molar-refractivity contribution in [2.45, 2.75) is 56.5 Å². The lowest BCUT2D eigenvalue weighted by atomic mass is 9.85. The van der Waals surface area contributed by atoms with Crippen LogP contribution in [-0.2, 0) is 14.8 Å². The third kappa shape index (κ3) is 5.32. The summed E-state index contributed by atoms with van der Waals surface area (Å²) in [5.41, 5.74) is 0. The van der Waals surface area contributed by atoms with Crippen LogP contribution in [0.15, 0.2) is 23.1 Å². The van der Waals surface area contributed by atoms with Crippen LogP contribution in [0.3, 0.4) is 0 Å². The largest absolute Gasteiger partial charge is 0.340 e. The highest BCUT2D eigenvalue weighted by molar-refractivity contribution is 7.89. The standard InChI is InChI=1S/C20H29F2N3O3S/c1-14(2)24-9-11-25(12-10-24)20(26)15-3-5-16(6-4-15)23-29(27,28)17-7-8-18(21)19(22)13-17/h7-8,13-16,23H,3-6,9-12H2,1-2H3. The van der Waals surface area contributed by atoms with Crippen molar-refractivity contribution in [1.82, 2.24) is 14.5 Å². The average Bonchev–Trinajstić information content (AvgIpc) is 2.70. The number of nitrogens with one attached hydrogen (secondary N) is 1. The number of benzene rings is 1. The lowest BCUT2D eigenvalue weighted by molar-refractivity contribution is -0.138. The Morgan fingerprint density at radius 3 is 2.21 bits per heavy atom. The van der Waals surface area contributed by atoms with E-state index in [1.165, 1.54) is 0 Å². The summed E-state index contributed by atoms with van der Waals surface area (Å²) in [4.78, 5) is 16.8. The van der Waals surface area contributed by atoms with Crippen molar-refractivity contribution >= 4 is 15.9 Å². The number of halogens is 2. The van der Waals surface area contributed by atoms with Crippen molar-refractivity contribution in [2.75, 3.05) is 26.2 Å². The number of carbonyl (C=O) groups excluding carboxylic acids is 1. The number of sulfonamides is 1. The van der Waals surface area contributed by atoms with Gasteiger partial charge in [0.25, 0.3) is 0 Å². The van der Waals surface area contributed by atoms with Gasteiger partial charge in [-0.3, -0.25) is 9.69 Å². The first-order valence-corrected chi connectivity index (χ1v) is 11.7. The average molecular weight is 430 g/mol. The molecular weight excluding hydrogens is 400 g/mol. The SMILES string of the molecule is CC(C)N1CCN(C(=O)C2CCC(NS(=O)(=O)c3ccc(F)c(F)c3)CC2)CC1. The molecule has 0 atom stereocenters. The Labute approximate surface area is 171 Å². The van der Waals surface area contributed by atoms with Crippen LogP contribution in [0, 0.1) is 17.6 Å². The van der Waals surface area contributed by atoms with Crippen molar-refractivity contribution < 1.29 is 22.0 Å². The smallest absolute Gasteiger partial charge is 0.240 e. The topological polar surface area (TPSA) is 69.7 Å². The summed E-state index contributed by atoms with van der Waals surface area (Å²) < 4.78 is 53.8. The fourth-order valence-electron chi connectivity index (χ4n) is 4.11. The molecule has 0 unspecified atom stereocenters. The van der Waals surface area contributed by atoms with E-state index in [9.17, 15) is 22.0 Å². The molecule has 3 rings (SSSR count). The highest BCUT2D eigenvalue weighted by atomic mass is 32.2. The Morgan fingerprint density at radius 2 is 1.66 bits per heavy atom. The highest BCUT2D eigenvalue weighted by Crippen LogP contribution is 2.28. The predicted molar refractivity (Wildman–Crippen MR) is 106 cm³/mol. The highest BCUT2D eigenvalue weighted by Gasteiger charge is 2.33. The van der Waals surface area contributed by atoms with Crippen LogP contribution in [0.2, 0.25) is 0 Å². The van der Waals surface area contributed by atoms with Crippen LogP contribution < -0.4 is 4.72 Å². The molecule has 1 amide bonds. The molecule has 162 valence electrons. The van der Waals surface area contributed by atoms with E-state index in [1.807, 2.05) is 4.90 Å². The molecule has 1 saturated carbocycles. The van der Waals surface area contributed by atoms with Gasteiger partial charge in [0.2, 0.25) is 15.9 Å². The molecule has 1 N–H and O–H groups in total. The van der Waals surface area contributed by atoms with Crippen LogP contribution in [-0.4, -0.2) is 62.4 Å². The number of carbonyl (C=O) groups is 1. The summed E-state index contributed by atoms with van der Waals surface area (Å²) in [7, 11) is -3.93. The first kappa shape index (κ1) is 22.1. The second-order valence-electron chi connectivity index (χ2n) is 8.20. The van der Waals surface area contributed by atoms with Crippen LogP contribution in [0.1, 0.15) is 39.5 Å². The number of hydrogen-bond donors (Lipinski definition) is 1. The second-order valence-corrected chi connectivity index (χ2v) is 9.91. The maximum Gasteiger partial charge on any atom is 0.240 e. The molecule has 1 aliphatic heterocycles. The second kappa shape index (κ2) is 9.06. The van der Waals surface area contributed by atoms with Crippen LogP contribution >= 0.6 is 0 Å². The number of amides is 1. The molecule has 0 bridgehead atoms. The van der Waals surface area contributed by atoms with Gasteiger partial charge >= 0.3 is 0 Å². The van der Waals surface area contributed by atoms with Crippen LogP contribution in [0.4, 0.5) is 8.78 Å². The number of rotatable bonds is 5. The van der Waals surface area contributed by atoms with Crippen LogP contribution in [0.5, 0.6) is 0 Å². The zero-order valence-electron chi connectivity index (χ0n) is 16.9. The summed E-state index contributed by atoms with van der Waals surface area (Å²) in [6.07, 6.45) is 2.33. The fraction of sp³-hybridized carbons (Fsp3) is 0.650. The maximum atomic E-state index is 13.4. The molecule has 1 aromatic carbocycles. The van der Waals surface area contributed by atoms with E-state index in [2.05, 4.69) is 23.5 Å². The summed E-state index contributed by atoms with van der Waals surface area (Å²) in [5, 5.41) is 0. The molecule has 0 aromatic heterocycles. The fourth-order valence-corrected chi connectivity index (χ4v) is 5.42. The maximum absolute atomic E-state index is 13.4. The van der Waals surface area contributed by atoms with E-state index < -0.39 is 21.7 Å². The summed E-state index contributed by atoms with van der Waals surface area (Å²) in [6, 6.07) is 2.70. The Morgan fingerprint density at radius 1 is 1.03 bits per heavy atom. The summed E-state index contributed by atoms with van der Waals surface area (Å²) in [5.74, 6) is -2.20. The number of hydrogen-bond acceptors (Lipinski definition) is 4. The van der Waals surface area contributed by atoms with Gasteiger partial charge in [-0.05, 0) is 57.7 Å². The Bertz CT molecular complexity index is 831. The van der Waals surface area contributed by atoms with E-state index in [1.54, 1.807) is 0 Å². The quantitative estimate of drug-likeness (QED) is 0.780. The molecule has 2 aliphatic rings. The van der Waals surface area contributed by atoms with Gasteiger partial charge in [0.15, 0.2) is 11.6 Å². The monoisotopic (exact) mass is 429 g/mol. The van der Waals surface area contributed by atoms with Gasteiger partial charge < -0.3 is 4.90 Å². The van der Waals surface area contributed by atoms with Crippen molar-refractivity contribution in [3.05, 3.63) is 29.8 Å². The minimum absolute atomic E-state index is 0.0791. The summed E-state index contributed by atoms with van der Waals surface area (Å²) in [6.45, 7) is 7.54. The zero-order valence-corrected chi connectivity index (χ0v) is 17.7. The van der Waals surface area contributed by atoms with Gasteiger partial charge in [-0.15, -0.1) is 0 Å². The van der Waals surface area contributed by atoms with Gasteiger partial charge in [-0.1, -0.05) is 0 Å². The molecule has 2 fully saturated rings. The molecule has 1 aliphatic carbocycles. The Kier molecular flexibility index (Phi) is 6.90. The van der Waals surface area contributed by atoms with E-state index in [-0.39, 0.29) is 22.8 Å². The third-order valence-corrected chi connectivity index (χ3v) is 7.47. The minimum Gasteiger partial charge on any atom is -0.340 e. The third-order valence-electron chi connectivity index (χ3n) is 5.96. The molecular formula is C20H29F2N3O3S. The van der Waals surface area contributed by atoms with Crippen molar-refractivity contribution in [3.8, 4) is 0 Å². The molecule has 0 radical (unpaired) electrons. The van der Waals surface area contributed by atoms with Gasteiger partial charge in [0.1, 0.15) is 0 Å². The van der Waals surface area contributed by atoms with E-state index in [0.717, 1.165) is 38.3 Å². The molecule has 1 heterocycles. The van der Waals surface area contributed by atoms with E-state index >= 15 is 0 Å². The van der Waals surface area contributed by atoms with Crippen molar-refractivity contribution in [1.29, 1.82) is 0 Å². The number of piperazine rings is 1. The molecule has 6 nitrogen and oxygen atoms in total. The molecule has 29 heavy (non-hydrogen) atoms. The van der Waals surface area contributed by atoms with Crippen LogP contribution in [0.25, 0.3) is 0 Å². The van der Waals surface area contributed by atoms with Crippen molar-refractivity contribution in [3.63, 3.8) is 0 Å². The van der Waals surface area contributed by atoms with Gasteiger partial charge in [0, 0.05) is 44.2 Å². The zero-order chi connectivity index (χ0) is 21.2. The Balaban J connectivity index is 1.51.